The molecular weight excluding hydrogens is 272 g/mol. The largest absolute Gasteiger partial charge is 0.497 e. The Bertz CT molecular complexity index is 650. The number of carboxylic acid groups (broad SMARTS) is 1. The predicted molar refractivity (Wildman–Crippen MR) is 74.9 cm³/mol. The van der Waals surface area contributed by atoms with Gasteiger partial charge in [0.1, 0.15) is 5.75 Å². The summed E-state index contributed by atoms with van der Waals surface area (Å²) in [5.41, 5.74) is 0.720. The molecule has 2 atom stereocenters. The molecule has 0 aromatic heterocycles. The summed E-state index contributed by atoms with van der Waals surface area (Å²) in [5, 5.41) is 9.37. The molecule has 0 spiro atoms. The first-order valence-electron chi connectivity index (χ1n) is 6.48. The van der Waals surface area contributed by atoms with E-state index in [0.717, 1.165) is 5.56 Å². The number of hydrogen-bond donors (Lipinski definition) is 1. The lowest BCUT2D eigenvalue weighted by molar-refractivity contribution is -0.151. The predicted octanol–water partition coefficient (Wildman–Crippen LogP) is 2.66. The minimum absolute atomic E-state index is 0.440. The maximum absolute atomic E-state index is 11.4. The summed E-state index contributed by atoms with van der Waals surface area (Å²) in [6, 6.07) is 14.1. The van der Waals surface area contributed by atoms with Crippen LogP contribution in [0.1, 0.15) is 11.7 Å². The average Bonchev–Trinajstić information content (AvgIpc) is 2.53. The summed E-state index contributed by atoms with van der Waals surface area (Å²) >= 11 is 0. The lowest BCUT2D eigenvalue weighted by Crippen LogP contribution is -2.39. The van der Waals surface area contributed by atoms with E-state index < -0.39 is 18.2 Å². The van der Waals surface area contributed by atoms with Crippen LogP contribution in [0.15, 0.2) is 48.5 Å². The van der Waals surface area contributed by atoms with Crippen LogP contribution in [0.3, 0.4) is 0 Å². The molecule has 0 aliphatic carbocycles. The Hall–Kier alpha value is -2.69. The fraction of sp³-hybridized carbons (Fsp3) is 0.188. The van der Waals surface area contributed by atoms with Gasteiger partial charge in [0.15, 0.2) is 17.6 Å². The van der Waals surface area contributed by atoms with E-state index in [4.69, 9.17) is 14.2 Å². The Kier molecular flexibility index (Phi) is 3.39. The van der Waals surface area contributed by atoms with E-state index >= 15 is 0 Å². The Morgan fingerprint density at radius 2 is 1.67 bits per heavy atom. The number of ether oxygens (including phenoxy) is 3. The fourth-order valence-corrected chi connectivity index (χ4v) is 2.26. The molecule has 108 valence electrons. The number of methoxy groups -OCH3 is 1. The Morgan fingerprint density at radius 3 is 2.24 bits per heavy atom. The molecule has 1 heterocycles. The standard InChI is InChI=1S/C16H14O5/c1-19-11-8-6-10(7-9-11)14-15(16(17)18)21-13-5-3-2-4-12(13)20-14/h2-9,14-15H,1H3,(H,17,18). The van der Waals surface area contributed by atoms with Gasteiger partial charge in [0, 0.05) is 0 Å². The van der Waals surface area contributed by atoms with Crippen molar-refractivity contribution in [3.8, 4) is 17.2 Å². The van der Waals surface area contributed by atoms with Gasteiger partial charge in [-0.15, -0.1) is 0 Å². The maximum Gasteiger partial charge on any atom is 0.349 e. The van der Waals surface area contributed by atoms with Crippen molar-refractivity contribution in [2.45, 2.75) is 12.2 Å². The minimum atomic E-state index is -1.09. The second-order valence-electron chi connectivity index (χ2n) is 4.64. The van der Waals surface area contributed by atoms with Gasteiger partial charge in [0.25, 0.3) is 0 Å². The molecule has 1 aliphatic rings. The number of hydrogen-bond acceptors (Lipinski definition) is 4. The van der Waals surface area contributed by atoms with Crippen LogP contribution < -0.4 is 14.2 Å². The van der Waals surface area contributed by atoms with Gasteiger partial charge in [0.05, 0.1) is 7.11 Å². The van der Waals surface area contributed by atoms with Gasteiger partial charge in [-0.1, -0.05) is 24.3 Å². The molecule has 0 fully saturated rings. The summed E-state index contributed by atoms with van der Waals surface area (Å²) in [4.78, 5) is 11.4. The van der Waals surface area contributed by atoms with E-state index in [-0.39, 0.29) is 0 Å². The SMILES string of the molecule is COc1ccc(C2Oc3ccccc3OC2C(=O)O)cc1. The highest BCUT2D eigenvalue weighted by molar-refractivity contribution is 5.75. The van der Waals surface area contributed by atoms with Crippen LogP contribution in [-0.4, -0.2) is 24.3 Å². The van der Waals surface area contributed by atoms with Gasteiger partial charge in [-0.3, -0.25) is 0 Å². The highest BCUT2D eigenvalue weighted by atomic mass is 16.6. The molecule has 1 N–H and O–H groups in total. The number of benzene rings is 2. The van der Waals surface area contributed by atoms with Crippen molar-refractivity contribution in [3.63, 3.8) is 0 Å². The third-order valence-electron chi connectivity index (χ3n) is 3.32. The molecular formula is C16H14O5. The van der Waals surface area contributed by atoms with Crippen LogP contribution in [0.5, 0.6) is 17.2 Å². The fourth-order valence-electron chi connectivity index (χ4n) is 2.26. The van der Waals surface area contributed by atoms with Gasteiger partial charge in [-0.05, 0) is 29.8 Å². The van der Waals surface area contributed by atoms with Crippen LogP contribution in [-0.2, 0) is 4.79 Å². The zero-order chi connectivity index (χ0) is 14.8. The molecule has 2 aromatic carbocycles. The topological polar surface area (TPSA) is 65.0 Å². The van der Waals surface area contributed by atoms with Gasteiger partial charge in [-0.25, -0.2) is 4.79 Å². The van der Waals surface area contributed by atoms with E-state index in [9.17, 15) is 9.90 Å². The molecule has 2 aromatic rings. The Balaban J connectivity index is 1.96. The third-order valence-corrected chi connectivity index (χ3v) is 3.32. The van der Waals surface area contributed by atoms with Crippen molar-refractivity contribution >= 4 is 5.97 Å². The van der Waals surface area contributed by atoms with Crippen molar-refractivity contribution < 1.29 is 24.1 Å². The molecule has 0 amide bonds. The van der Waals surface area contributed by atoms with Crippen molar-refractivity contribution in [1.29, 1.82) is 0 Å². The second-order valence-corrected chi connectivity index (χ2v) is 4.64. The summed E-state index contributed by atoms with van der Waals surface area (Å²) in [6.07, 6.45) is -1.79. The van der Waals surface area contributed by atoms with Crippen LogP contribution in [0.2, 0.25) is 0 Å². The molecule has 0 saturated heterocycles. The summed E-state index contributed by atoms with van der Waals surface area (Å²) in [5.74, 6) is 0.610. The van der Waals surface area contributed by atoms with Crippen molar-refractivity contribution in [2.75, 3.05) is 7.11 Å². The van der Waals surface area contributed by atoms with Crippen LogP contribution in [0.4, 0.5) is 0 Å². The van der Waals surface area contributed by atoms with Crippen LogP contribution in [0, 0.1) is 0 Å². The van der Waals surface area contributed by atoms with E-state index in [1.165, 1.54) is 0 Å². The lowest BCUT2D eigenvalue weighted by Gasteiger charge is -2.31. The van der Waals surface area contributed by atoms with Crippen LogP contribution >= 0.6 is 0 Å². The number of aliphatic carboxylic acids is 1. The normalized spacial score (nSPS) is 19.9. The smallest absolute Gasteiger partial charge is 0.349 e. The summed E-state index contributed by atoms with van der Waals surface area (Å²) in [6.45, 7) is 0. The number of para-hydroxylation sites is 2. The minimum Gasteiger partial charge on any atom is -0.497 e. The molecule has 0 bridgehead atoms. The number of rotatable bonds is 3. The molecule has 1 aliphatic heterocycles. The van der Waals surface area contributed by atoms with Gasteiger partial charge in [-0.2, -0.15) is 0 Å². The zero-order valence-corrected chi connectivity index (χ0v) is 11.4. The maximum atomic E-state index is 11.4. The van der Waals surface area contributed by atoms with Gasteiger partial charge < -0.3 is 19.3 Å². The highest BCUT2D eigenvalue weighted by Gasteiger charge is 2.38. The van der Waals surface area contributed by atoms with E-state index in [0.29, 0.717) is 17.2 Å². The van der Waals surface area contributed by atoms with Crippen molar-refractivity contribution in [1.82, 2.24) is 0 Å². The van der Waals surface area contributed by atoms with Crippen LogP contribution in [0.25, 0.3) is 0 Å². The molecule has 21 heavy (non-hydrogen) atoms. The average molecular weight is 286 g/mol. The van der Waals surface area contributed by atoms with E-state index in [2.05, 4.69) is 0 Å². The number of fused-ring (bicyclic) bond motifs is 1. The molecule has 3 rings (SSSR count). The molecule has 0 radical (unpaired) electrons. The molecule has 2 unspecified atom stereocenters. The summed E-state index contributed by atoms with van der Waals surface area (Å²) < 4.78 is 16.5. The van der Waals surface area contributed by atoms with E-state index in [1.807, 2.05) is 6.07 Å². The van der Waals surface area contributed by atoms with E-state index in [1.54, 1.807) is 49.6 Å². The lowest BCUT2D eigenvalue weighted by atomic mass is 10.0. The molecule has 0 saturated carbocycles. The first-order chi connectivity index (χ1) is 10.2. The highest BCUT2D eigenvalue weighted by Crippen LogP contribution is 2.39. The number of carboxylic acids is 1. The zero-order valence-electron chi connectivity index (χ0n) is 11.4. The molecule has 5 heteroatoms. The number of carbonyl (C=O) groups is 1. The van der Waals surface area contributed by atoms with Gasteiger partial charge >= 0.3 is 5.97 Å². The first-order valence-corrected chi connectivity index (χ1v) is 6.48. The molecule has 5 nitrogen and oxygen atoms in total. The van der Waals surface area contributed by atoms with Gasteiger partial charge in [0.2, 0.25) is 6.10 Å². The monoisotopic (exact) mass is 286 g/mol. The first kappa shape index (κ1) is 13.3. The Labute approximate surface area is 121 Å². The quantitative estimate of drug-likeness (QED) is 0.939. The van der Waals surface area contributed by atoms with Crippen molar-refractivity contribution in [2.24, 2.45) is 0 Å². The van der Waals surface area contributed by atoms with Crippen molar-refractivity contribution in [3.05, 3.63) is 54.1 Å². The second kappa shape index (κ2) is 5.36. The Morgan fingerprint density at radius 1 is 1.05 bits per heavy atom. The summed E-state index contributed by atoms with van der Waals surface area (Å²) in [7, 11) is 1.57. The third kappa shape index (κ3) is 2.50.